The van der Waals surface area contributed by atoms with Crippen LogP contribution in [0.5, 0.6) is 0 Å². The number of amides is 1. The lowest BCUT2D eigenvalue weighted by atomic mass is 10.1. The summed E-state index contributed by atoms with van der Waals surface area (Å²) in [4.78, 5) is 13.9. The van der Waals surface area contributed by atoms with Crippen molar-refractivity contribution >= 4 is 29.1 Å². The van der Waals surface area contributed by atoms with Gasteiger partial charge in [-0.25, -0.2) is 0 Å². The first-order chi connectivity index (χ1) is 9.49. The van der Waals surface area contributed by atoms with Crippen LogP contribution in [-0.2, 0) is 4.79 Å². The molecule has 7 nitrogen and oxygen atoms in total. The Hall–Kier alpha value is -1.28. The highest BCUT2D eigenvalue weighted by molar-refractivity contribution is 7.98. The van der Waals surface area contributed by atoms with Gasteiger partial charge in [0, 0.05) is 20.1 Å². The molecule has 0 aliphatic rings. The first-order valence-corrected chi connectivity index (χ1v) is 7.69. The number of likely N-dealkylation sites (N-methyl/N-ethyl adjacent to an activating group) is 1. The number of thioether (sulfide) groups is 1. The Labute approximate surface area is 124 Å². The van der Waals surface area contributed by atoms with E-state index in [0.717, 1.165) is 5.75 Å². The van der Waals surface area contributed by atoms with Crippen LogP contribution in [0.25, 0.3) is 0 Å². The van der Waals surface area contributed by atoms with Crippen LogP contribution in [0.15, 0.2) is 10.3 Å². The van der Waals surface area contributed by atoms with E-state index in [9.17, 15) is 4.79 Å². The molecule has 1 amide bonds. The van der Waals surface area contributed by atoms with Crippen molar-refractivity contribution in [3.8, 4) is 0 Å². The molecule has 3 N–H and O–H groups in total. The predicted octanol–water partition coefficient (Wildman–Crippen LogP) is 0.856. The van der Waals surface area contributed by atoms with E-state index >= 15 is 0 Å². The Kier molecular flexibility index (Phi) is 9.83. The van der Waals surface area contributed by atoms with Gasteiger partial charge in [-0.2, -0.15) is 11.8 Å². The van der Waals surface area contributed by atoms with Gasteiger partial charge in [-0.3, -0.25) is 9.69 Å². The second-order valence-electron chi connectivity index (χ2n) is 4.49. The molecule has 0 aromatic rings. The van der Waals surface area contributed by atoms with E-state index in [1.165, 1.54) is 0 Å². The molecule has 0 aliphatic carbocycles. The number of carbonyl (C=O) groups is 1. The number of carbonyl (C=O) groups excluding carboxylic acids is 1. The van der Waals surface area contributed by atoms with Crippen LogP contribution in [0.4, 0.5) is 0 Å². The number of nitrogens with one attached hydrogen (secondary N) is 1. The molecule has 0 aliphatic heterocycles. The van der Waals surface area contributed by atoms with E-state index in [1.54, 1.807) is 32.7 Å². The monoisotopic (exact) mass is 304 g/mol. The minimum atomic E-state index is -0.360. The minimum Gasteiger partial charge on any atom is -0.411 e. The van der Waals surface area contributed by atoms with Crippen LogP contribution in [-0.4, -0.2) is 70.8 Å². The zero-order valence-corrected chi connectivity index (χ0v) is 13.3. The third-order valence-electron chi connectivity index (χ3n) is 2.79. The van der Waals surface area contributed by atoms with Crippen molar-refractivity contribution in [2.45, 2.75) is 26.3 Å². The SMILES string of the molecule is CNC(=O)[C@H](CCSC)N(C/C(C)=N\O)C/C(C)=N/O. The van der Waals surface area contributed by atoms with Gasteiger partial charge < -0.3 is 15.7 Å². The lowest BCUT2D eigenvalue weighted by Crippen LogP contribution is -2.49. The summed E-state index contributed by atoms with van der Waals surface area (Å²) in [7, 11) is 1.59. The molecule has 0 bridgehead atoms. The summed E-state index contributed by atoms with van der Waals surface area (Å²) in [6.07, 6.45) is 2.64. The first kappa shape index (κ1) is 18.7. The fourth-order valence-electron chi connectivity index (χ4n) is 1.80. The quantitative estimate of drug-likeness (QED) is 0.333. The average molecular weight is 304 g/mol. The van der Waals surface area contributed by atoms with Crippen molar-refractivity contribution in [3.05, 3.63) is 0 Å². The number of rotatable bonds is 9. The normalized spacial score (nSPS) is 14.4. The van der Waals surface area contributed by atoms with Gasteiger partial charge in [-0.15, -0.1) is 0 Å². The van der Waals surface area contributed by atoms with Gasteiger partial charge in [-0.1, -0.05) is 10.3 Å². The minimum absolute atomic E-state index is 0.101. The second-order valence-corrected chi connectivity index (χ2v) is 5.47. The number of nitrogens with zero attached hydrogens (tertiary/aromatic N) is 3. The zero-order valence-electron chi connectivity index (χ0n) is 12.5. The maximum atomic E-state index is 12.0. The third-order valence-corrected chi connectivity index (χ3v) is 3.43. The van der Waals surface area contributed by atoms with Crippen LogP contribution < -0.4 is 5.32 Å². The van der Waals surface area contributed by atoms with Gasteiger partial charge >= 0.3 is 0 Å². The summed E-state index contributed by atoms with van der Waals surface area (Å²) < 4.78 is 0. The first-order valence-electron chi connectivity index (χ1n) is 6.29. The molecule has 0 rings (SSSR count). The third kappa shape index (κ3) is 6.76. The molecule has 0 aromatic carbocycles. The number of hydrogen-bond acceptors (Lipinski definition) is 7. The van der Waals surface area contributed by atoms with Crippen molar-refractivity contribution in [1.82, 2.24) is 10.2 Å². The summed E-state index contributed by atoms with van der Waals surface area (Å²) in [6, 6.07) is -0.360. The summed E-state index contributed by atoms with van der Waals surface area (Å²) in [6.45, 7) is 4.01. The Morgan fingerprint density at radius 1 is 1.25 bits per heavy atom. The highest BCUT2D eigenvalue weighted by atomic mass is 32.2. The maximum Gasteiger partial charge on any atom is 0.237 e. The van der Waals surface area contributed by atoms with Crippen LogP contribution in [0.2, 0.25) is 0 Å². The van der Waals surface area contributed by atoms with E-state index in [4.69, 9.17) is 10.4 Å². The topological polar surface area (TPSA) is 97.5 Å². The molecular weight excluding hydrogens is 280 g/mol. The van der Waals surface area contributed by atoms with Crippen molar-refractivity contribution in [2.75, 3.05) is 32.1 Å². The Bertz CT molecular complexity index is 341. The maximum absolute atomic E-state index is 12.0. The summed E-state index contributed by atoms with van der Waals surface area (Å²) in [5.74, 6) is 0.731. The molecule has 0 aromatic heterocycles. The fourth-order valence-corrected chi connectivity index (χ4v) is 2.26. The van der Waals surface area contributed by atoms with E-state index in [1.807, 2.05) is 11.2 Å². The molecule has 1 atom stereocenters. The molecule has 0 radical (unpaired) electrons. The van der Waals surface area contributed by atoms with Crippen LogP contribution in [0.3, 0.4) is 0 Å². The van der Waals surface area contributed by atoms with Crippen LogP contribution in [0.1, 0.15) is 20.3 Å². The van der Waals surface area contributed by atoms with Crippen molar-refractivity contribution < 1.29 is 15.2 Å². The molecule has 0 fully saturated rings. The van der Waals surface area contributed by atoms with Gasteiger partial charge in [0.2, 0.25) is 5.91 Å². The highest BCUT2D eigenvalue weighted by Gasteiger charge is 2.25. The predicted molar refractivity (Wildman–Crippen MR) is 82.2 cm³/mol. The molecule has 0 heterocycles. The molecule has 116 valence electrons. The Balaban J connectivity index is 5.10. The molecule has 0 saturated carbocycles. The van der Waals surface area contributed by atoms with Gasteiger partial charge in [-0.05, 0) is 32.3 Å². The Morgan fingerprint density at radius 2 is 1.75 bits per heavy atom. The molecule has 0 unspecified atom stereocenters. The lowest BCUT2D eigenvalue weighted by molar-refractivity contribution is -0.125. The van der Waals surface area contributed by atoms with E-state index in [2.05, 4.69) is 15.6 Å². The van der Waals surface area contributed by atoms with E-state index in [0.29, 0.717) is 30.9 Å². The van der Waals surface area contributed by atoms with Gasteiger partial charge in [0.1, 0.15) is 0 Å². The van der Waals surface area contributed by atoms with Crippen molar-refractivity contribution in [3.63, 3.8) is 0 Å². The van der Waals surface area contributed by atoms with E-state index in [-0.39, 0.29) is 11.9 Å². The van der Waals surface area contributed by atoms with Crippen LogP contribution in [0, 0.1) is 0 Å². The summed E-state index contributed by atoms with van der Waals surface area (Å²) >= 11 is 1.66. The molecular formula is C12H24N4O3S. The van der Waals surface area contributed by atoms with Crippen molar-refractivity contribution in [1.29, 1.82) is 0 Å². The fraction of sp³-hybridized carbons (Fsp3) is 0.750. The number of oxime groups is 2. The number of hydrogen-bond donors (Lipinski definition) is 3. The van der Waals surface area contributed by atoms with Gasteiger partial charge in [0.25, 0.3) is 0 Å². The summed E-state index contributed by atoms with van der Waals surface area (Å²) in [5, 5.41) is 26.5. The highest BCUT2D eigenvalue weighted by Crippen LogP contribution is 2.10. The standard InChI is InChI=1S/C12H24N4O3S/c1-9(14-18)7-16(8-10(2)15-19)11(5-6-20-4)12(17)13-3/h11,18-19H,5-8H2,1-4H3,(H,13,17)/b14-9-,15-10+/t11-/m0/s1. The Morgan fingerprint density at radius 3 is 2.10 bits per heavy atom. The largest absolute Gasteiger partial charge is 0.411 e. The van der Waals surface area contributed by atoms with Crippen LogP contribution >= 0.6 is 11.8 Å². The van der Waals surface area contributed by atoms with Crippen molar-refractivity contribution in [2.24, 2.45) is 10.3 Å². The smallest absolute Gasteiger partial charge is 0.237 e. The zero-order chi connectivity index (χ0) is 15.5. The lowest BCUT2D eigenvalue weighted by Gasteiger charge is -2.29. The molecule has 0 spiro atoms. The molecule has 20 heavy (non-hydrogen) atoms. The second kappa shape index (κ2) is 10.5. The summed E-state index contributed by atoms with van der Waals surface area (Å²) in [5.41, 5.74) is 0.989. The molecule has 8 heteroatoms. The van der Waals surface area contributed by atoms with E-state index < -0.39 is 0 Å². The van der Waals surface area contributed by atoms with Gasteiger partial charge in [0.15, 0.2) is 0 Å². The molecule has 0 saturated heterocycles. The average Bonchev–Trinajstić information content (AvgIpc) is 2.46. The van der Waals surface area contributed by atoms with Gasteiger partial charge in [0.05, 0.1) is 17.5 Å².